The Labute approximate surface area is 153 Å². The Morgan fingerprint density at radius 3 is 2.54 bits per heavy atom. The molecule has 0 heterocycles. The molecule has 0 spiro atoms. The molecular weight excluding hydrogens is 324 g/mol. The lowest BCUT2D eigenvalue weighted by Gasteiger charge is -2.13. The van der Waals surface area contributed by atoms with Crippen molar-refractivity contribution < 1.29 is 9.53 Å². The number of hydrogen-bond acceptors (Lipinski definition) is 3. The van der Waals surface area contributed by atoms with E-state index in [0.717, 1.165) is 33.4 Å². The first-order valence-electron chi connectivity index (χ1n) is 8.55. The molecular formula is C22H22N2O2. The van der Waals surface area contributed by atoms with Gasteiger partial charge >= 0.3 is 0 Å². The number of benzene rings is 3. The second-order valence-corrected chi connectivity index (χ2v) is 6.34. The van der Waals surface area contributed by atoms with Crippen LogP contribution in [0.5, 0.6) is 5.75 Å². The van der Waals surface area contributed by atoms with Gasteiger partial charge in [-0.1, -0.05) is 48.5 Å². The summed E-state index contributed by atoms with van der Waals surface area (Å²) in [6, 6.07) is 18.2. The Hall–Kier alpha value is -3.14. The number of rotatable bonds is 5. The highest BCUT2D eigenvalue weighted by Crippen LogP contribution is 2.25. The second-order valence-electron chi connectivity index (χ2n) is 6.34. The van der Waals surface area contributed by atoms with Gasteiger partial charge in [-0.3, -0.25) is 4.79 Å². The van der Waals surface area contributed by atoms with Crippen LogP contribution in [0.4, 0.5) is 0 Å². The van der Waals surface area contributed by atoms with Gasteiger partial charge in [-0.05, 0) is 59.9 Å². The van der Waals surface area contributed by atoms with Gasteiger partial charge in [-0.2, -0.15) is 5.10 Å². The average Bonchev–Trinajstić information content (AvgIpc) is 2.65. The molecule has 0 saturated heterocycles. The quantitative estimate of drug-likeness (QED) is 0.553. The predicted octanol–water partition coefficient (Wildman–Crippen LogP) is 4.29. The Bertz CT molecular complexity index is 977. The van der Waals surface area contributed by atoms with E-state index >= 15 is 0 Å². The number of aryl methyl sites for hydroxylation is 2. The maximum atomic E-state index is 12.0. The molecule has 0 fully saturated rings. The van der Waals surface area contributed by atoms with Gasteiger partial charge in [-0.25, -0.2) is 5.43 Å². The topological polar surface area (TPSA) is 50.7 Å². The fraction of sp³-hybridized carbons (Fsp3) is 0.182. The number of nitrogens with zero attached hydrogens (tertiary/aromatic N) is 1. The van der Waals surface area contributed by atoms with Crippen molar-refractivity contribution in [3.63, 3.8) is 0 Å². The fourth-order valence-electron chi connectivity index (χ4n) is 2.78. The van der Waals surface area contributed by atoms with Crippen molar-refractivity contribution >= 4 is 22.9 Å². The van der Waals surface area contributed by atoms with Crippen molar-refractivity contribution in [3.8, 4) is 5.75 Å². The molecule has 26 heavy (non-hydrogen) atoms. The first kappa shape index (κ1) is 17.7. The van der Waals surface area contributed by atoms with E-state index in [2.05, 4.69) is 16.6 Å². The van der Waals surface area contributed by atoms with E-state index in [1.54, 1.807) is 6.21 Å². The zero-order valence-corrected chi connectivity index (χ0v) is 15.2. The Kier molecular flexibility index (Phi) is 5.32. The minimum absolute atomic E-state index is 0.0693. The molecule has 3 rings (SSSR count). The molecule has 0 radical (unpaired) electrons. The van der Waals surface area contributed by atoms with Crippen molar-refractivity contribution in [2.75, 3.05) is 6.61 Å². The summed E-state index contributed by atoms with van der Waals surface area (Å²) < 4.78 is 5.68. The number of amides is 1. The van der Waals surface area contributed by atoms with Crippen LogP contribution < -0.4 is 10.2 Å². The highest BCUT2D eigenvalue weighted by atomic mass is 16.5. The number of carbonyl (C=O) groups excluding carboxylic acids is 1. The van der Waals surface area contributed by atoms with Crippen molar-refractivity contribution in [3.05, 3.63) is 76.9 Å². The van der Waals surface area contributed by atoms with Crippen LogP contribution in [0.2, 0.25) is 0 Å². The SMILES string of the molecule is Cc1ccc(C)c(OCC(=O)NN=Cc2ccc3ccccc3c2)c1C. The van der Waals surface area contributed by atoms with Crippen molar-refractivity contribution in [1.82, 2.24) is 5.43 Å². The molecule has 1 amide bonds. The summed E-state index contributed by atoms with van der Waals surface area (Å²) in [5.41, 5.74) is 6.64. The summed E-state index contributed by atoms with van der Waals surface area (Å²) >= 11 is 0. The van der Waals surface area contributed by atoms with E-state index in [-0.39, 0.29) is 12.5 Å². The number of nitrogens with one attached hydrogen (secondary N) is 1. The Balaban J connectivity index is 1.58. The third kappa shape index (κ3) is 4.09. The molecule has 0 aliphatic carbocycles. The van der Waals surface area contributed by atoms with Crippen LogP contribution in [0.3, 0.4) is 0 Å². The third-order valence-corrected chi connectivity index (χ3v) is 4.40. The number of fused-ring (bicyclic) bond motifs is 1. The fourth-order valence-corrected chi connectivity index (χ4v) is 2.78. The van der Waals surface area contributed by atoms with Gasteiger partial charge in [0.2, 0.25) is 0 Å². The summed E-state index contributed by atoms with van der Waals surface area (Å²) in [6.45, 7) is 5.92. The zero-order valence-electron chi connectivity index (χ0n) is 15.2. The van der Waals surface area contributed by atoms with E-state index < -0.39 is 0 Å². The maximum Gasteiger partial charge on any atom is 0.277 e. The molecule has 0 saturated carbocycles. The lowest BCUT2D eigenvalue weighted by molar-refractivity contribution is -0.123. The van der Waals surface area contributed by atoms with E-state index in [9.17, 15) is 4.79 Å². The summed E-state index contributed by atoms with van der Waals surface area (Å²) in [6.07, 6.45) is 1.63. The monoisotopic (exact) mass is 346 g/mol. The van der Waals surface area contributed by atoms with E-state index in [4.69, 9.17) is 4.74 Å². The van der Waals surface area contributed by atoms with E-state index in [0.29, 0.717) is 0 Å². The normalized spacial score (nSPS) is 11.0. The minimum Gasteiger partial charge on any atom is -0.483 e. The van der Waals surface area contributed by atoms with Gasteiger partial charge in [-0.15, -0.1) is 0 Å². The summed E-state index contributed by atoms with van der Waals surface area (Å²) in [7, 11) is 0. The maximum absolute atomic E-state index is 12.0. The third-order valence-electron chi connectivity index (χ3n) is 4.40. The largest absolute Gasteiger partial charge is 0.483 e. The number of carbonyl (C=O) groups is 1. The summed E-state index contributed by atoms with van der Waals surface area (Å²) in [5.74, 6) is 0.473. The van der Waals surface area contributed by atoms with Crippen LogP contribution >= 0.6 is 0 Å². The first-order chi connectivity index (χ1) is 12.5. The molecule has 132 valence electrons. The molecule has 3 aromatic carbocycles. The smallest absolute Gasteiger partial charge is 0.277 e. The lowest BCUT2D eigenvalue weighted by Crippen LogP contribution is -2.25. The molecule has 0 aliphatic rings. The number of hydrogen-bond donors (Lipinski definition) is 1. The summed E-state index contributed by atoms with van der Waals surface area (Å²) in [4.78, 5) is 12.0. The molecule has 0 unspecified atom stereocenters. The molecule has 0 atom stereocenters. The van der Waals surface area contributed by atoms with Crippen molar-refractivity contribution in [2.45, 2.75) is 20.8 Å². The highest BCUT2D eigenvalue weighted by molar-refractivity contribution is 5.90. The predicted molar refractivity (Wildman–Crippen MR) is 106 cm³/mol. The standard InChI is InChI=1S/C22H22N2O2/c1-15-8-9-16(2)22(17(15)3)26-14-21(25)24-23-13-18-10-11-19-6-4-5-7-20(19)12-18/h4-13H,14H2,1-3H3,(H,24,25). The van der Waals surface area contributed by atoms with Crippen LogP contribution in [0.15, 0.2) is 59.7 Å². The molecule has 3 aromatic rings. The molecule has 4 nitrogen and oxygen atoms in total. The minimum atomic E-state index is -0.289. The second kappa shape index (κ2) is 7.83. The number of ether oxygens (including phenoxy) is 1. The summed E-state index contributed by atoms with van der Waals surface area (Å²) in [5, 5.41) is 6.33. The molecule has 4 heteroatoms. The first-order valence-corrected chi connectivity index (χ1v) is 8.55. The van der Waals surface area contributed by atoms with E-state index in [1.165, 1.54) is 5.39 Å². The van der Waals surface area contributed by atoms with Crippen LogP contribution in [0.1, 0.15) is 22.3 Å². The Morgan fingerprint density at radius 2 is 1.73 bits per heavy atom. The van der Waals surface area contributed by atoms with Gasteiger partial charge in [0.1, 0.15) is 5.75 Å². The van der Waals surface area contributed by atoms with Crippen LogP contribution in [0.25, 0.3) is 10.8 Å². The van der Waals surface area contributed by atoms with E-state index in [1.807, 2.05) is 69.3 Å². The van der Waals surface area contributed by atoms with Crippen LogP contribution in [-0.2, 0) is 4.79 Å². The molecule has 0 aliphatic heterocycles. The highest BCUT2D eigenvalue weighted by Gasteiger charge is 2.08. The number of hydrazone groups is 1. The molecule has 0 bridgehead atoms. The van der Waals surface area contributed by atoms with Gasteiger partial charge < -0.3 is 4.74 Å². The molecule has 0 aromatic heterocycles. The van der Waals surface area contributed by atoms with Gasteiger partial charge in [0, 0.05) is 0 Å². The Morgan fingerprint density at radius 1 is 1.00 bits per heavy atom. The van der Waals surface area contributed by atoms with Crippen LogP contribution in [0, 0.1) is 20.8 Å². The zero-order chi connectivity index (χ0) is 18.5. The van der Waals surface area contributed by atoms with Crippen molar-refractivity contribution in [1.29, 1.82) is 0 Å². The van der Waals surface area contributed by atoms with Crippen molar-refractivity contribution in [2.24, 2.45) is 5.10 Å². The van der Waals surface area contributed by atoms with Gasteiger partial charge in [0.25, 0.3) is 5.91 Å². The molecule has 1 N–H and O–H groups in total. The van der Waals surface area contributed by atoms with Crippen LogP contribution in [-0.4, -0.2) is 18.7 Å². The van der Waals surface area contributed by atoms with Gasteiger partial charge in [0.15, 0.2) is 6.61 Å². The lowest BCUT2D eigenvalue weighted by atomic mass is 10.1. The van der Waals surface area contributed by atoms with Gasteiger partial charge in [0.05, 0.1) is 6.21 Å². The average molecular weight is 346 g/mol.